The molecule has 6 nitrogen and oxygen atoms in total. The molecule has 25 heavy (non-hydrogen) atoms. The lowest BCUT2D eigenvalue weighted by molar-refractivity contribution is -0.143. The Bertz CT molecular complexity index is 885. The van der Waals surface area contributed by atoms with Crippen LogP contribution in [-0.2, 0) is 20.9 Å². The van der Waals surface area contributed by atoms with E-state index in [1.165, 1.54) is 0 Å². The van der Waals surface area contributed by atoms with E-state index < -0.39 is 0 Å². The lowest BCUT2D eigenvalue weighted by Crippen LogP contribution is -2.26. The summed E-state index contributed by atoms with van der Waals surface area (Å²) >= 11 is 0. The van der Waals surface area contributed by atoms with Crippen molar-refractivity contribution in [2.45, 2.75) is 32.4 Å². The van der Waals surface area contributed by atoms with E-state index in [0.717, 1.165) is 29.3 Å². The minimum atomic E-state index is -0.354. The number of fused-ring (bicyclic) bond motifs is 1. The fourth-order valence-electron chi connectivity index (χ4n) is 2.66. The lowest BCUT2D eigenvalue weighted by Gasteiger charge is -2.04. The fourth-order valence-corrected chi connectivity index (χ4v) is 2.66. The Morgan fingerprint density at radius 3 is 2.84 bits per heavy atom. The number of hydrogen-bond acceptors (Lipinski definition) is 4. The van der Waals surface area contributed by atoms with Crippen LogP contribution in [0.15, 0.2) is 36.0 Å². The number of hydrogen-bond donors (Lipinski definition) is 1. The van der Waals surface area contributed by atoms with Gasteiger partial charge >= 0.3 is 5.97 Å². The van der Waals surface area contributed by atoms with Gasteiger partial charge in [0.05, 0.1) is 6.61 Å². The fraction of sp³-hybridized carbons (Fsp3) is 0.316. The molecule has 0 radical (unpaired) electrons. The lowest BCUT2D eigenvalue weighted by atomic mass is 10.1. The maximum absolute atomic E-state index is 12.2. The molecular weight excluding hydrogens is 318 g/mol. The molecule has 0 saturated heterocycles. The molecule has 128 valence electrons. The Labute approximate surface area is 145 Å². The van der Waals surface area contributed by atoms with Crippen molar-refractivity contribution in [2.24, 2.45) is 0 Å². The molecular formula is C19H19N3O3. The second-order valence-corrected chi connectivity index (χ2v) is 5.95. The predicted molar refractivity (Wildman–Crippen MR) is 93.3 cm³/mol. The molecule has 0 unspecified atom stereocenters. The van der Waals surface area contributed by atoms with Crippen LogP contribution in [0.4, 0.5) is 0 Å². The summed E-state index contributed by atoms with van der Waals surface area (Å²) in [5.74, 6) is -0.682. The normalized spacial score (nSPS) is 14.2. The van der Waals surface area contributed by atoms with Crippen LogP contribution in [0, 0.1) is 11.3 Å². The van der Waals surface area contributed by atoms with Gasteiger partial charge in [-0.1, -0.05) is 18.2 Å². The molecule has 1 aromatic carbocycles. The summed E-state index contributed by atoms with van der Waals surface area (Å²) in [5.41, 5.74) is 1.63. The van der Waals surface area contributed by atoms with Gasteiger partial charge in [-0.25, -0.2) is 0 Å². The zero-order valence-corrected chi connectivity index (χ0v) is 14.0. The molecule has 1 aliphatic carbocycles. The number of carbonyl (C=O) groups excluding carboxylic acids is 2. The highest BCUT2D eigenvalue weighted by Crippen LogP contribution is 2.24. The number of nitrogens with zero attached hydrogens (tertiary/aromatic N) is 2. The summed E-state index contributed by atoms with van der Waals surface area (Å²) in [6.07, 6.45) is 5.26. The molecule has 0 aliphatic heterocycles. The average molecular weight is 337 g/mol. The van der Waals surface area contributed by atoms with Gasteiger partial charge in [0.15, 0.2) is 0 Å². The Balaban J connectivity index is 1.95. The first-order chi connectivity index (χ1) is 12.1. The number of para-hydroxylation sites is 1. The maximum Gasteiger partial charge on any atom is 0.325 e. The third-order valence-corrected chi connectivity index (χ3v) is 4.00. The van der Waals surface area contributed by atoms with Crippen molar-refractivity contribution in [3.8, 4) is 6.07 Å². The standard InChI is InChI=1S/C19H19N3O3/c1-2-25-18(23)12-22-11-14(16-5-3-4-6-17(16)22)9-13(10-20)19(24)21-15-7-8-15/h3-6,9,11,15H,2,7-8,12H2,1H3,(H,21,24)/b13-9+. The molecule has 1 N–H and O–H groups in total. The van der Waals surface area contributed by atoms with E-state index in [-0.39, 0.29) is 30.0 Å². The van der Waals surface area contributed by atoms with Crippen molar-refractivity contribution < 1.29 is 14.3 Å². The molecule has 1 amide bonds. The number of ether oxygens (including phenoxy) is 1. The summed E-state index contributed by atoms with van der Waals surface area (Å²) in [6.45, 7) is 2.17. The Kier molecular flexibility index (Phi) is 4.85. The zero-order chi connectivity index (χ0) is 17.8. The molecule has 6 heteroatoms. The largest absolute Gasteiger partial charge is 0.465 e. The van der Waals surface area contributed by atoms with E-state index in [4.69, 9.17) is 4.74 Å². The van der Waals surface area contributed by atoms with E-state index >= 15 is 0 Å². The van der Waals surface area contributed by atoms with Gasteiger partial charge in [0.1, 0.15) is 18.2 Å². The van der Waals surface area contributed by atoms with Crippen molar-refractivity contribution in [1.82, 2.24) is 9.88 Å². The summed E-state index contributed by atoms with van der Waals surface area (Å²) in [7, 11) is 0. The molecule has 0 bridgehead atoms. The van der Waals surface area contributed by atoms with Crippen LogP contribution in [0.3, 0.4) is 0 Å². The van der Waals surface area contributed by atoms with E-state index in [2.05, 4.69) is 5.32 Å². The van der Waals surface area contributed by atoms with Gasteiger partial charge in [0.2, 0.25) is 0 Å². The number of nitrogens with one attached hydrogen (secondary N) is 1. The maximum atomic E-state index is 12.2. The first-order valence-corrected chi connectivity index (χ1v) is 8.28. The molecule has 0 atom stereocenters. The van der Waals surface area contributed by atoms with Crippen molar-refractivity contribution in [3.63, 3.8) is 0 Å². The van der Waals surface area contributed by atoms with Crippen LogP contribution in [0.2, 0.25) is 0 Å². The van der Waals surface area contributed by atoms with E-state index in [0.29, 0.717) is 6.61 Å². The molecule has 2 aromatic rings. The topological polar surface area (TPSA) is 84.1 Å². The van der Waals surface area contributed by atoms with Gasteiger partial charge in [0, 0.05) is 28.7 Å². The predicted octanol–water partition coefficient (Wildman–Crippen LogP) is 2.39. The third kappa shape index (κ3) is 3.89. The van der Waals surface area contributed by atoms with Gasteiger partial charge in [-0.15, -0.1) is 0 Å². The second-order valence-electron chi connectivity index (χ2n) is 5.95. The highest BCUT2D eigenvalue weighted by molar-refractivity contribution is 6.04. The van der Waals surface area contributed by atoms with E-state index in [1.54, 1.807) is 23.8 Å². The quantitative estimate of drug-likeness (QED) is 0.498. The summed E-state index contributed by atoms with van der Waals surface area (Å²) in [6, 6.07) is 9.70. The number of esters is 1. The number of nitriles is 1. The summed E-state index contributed by atoms with van der Waals surface area (Å²) in [4.78, 5) is 24.0. The van der Waals surface area contributed by atoms with Crippen molar-refractivity contribution in [2.75, 3.05) is 6.61 Å². The average Bonchev–Trinajstić information content (AvgIpc) is 3.35. The van der Waals surface area contributed by atoms with Crippen LogP contribution in [0.1, 0.15) is 25.3 Å². The molecule has 1 aliphatic rings. The van der Waals surface area contributed by atoms with Crippen LogP contribution in [0.25, 0.3) is 17.0 Å². The molecule has 1 heterocycles. The highest BCUT2D eigenvalue weighted by atomic mass is 16.5. The zero-order valence-electron chi connectivity index (χ0n) is 14.0. The van der Waals surface area contributed by atoms with Gasteiger partial charge in [0.25, 0.3) is 5.91 Å². The smallest absolute Gasteiger partial charge is 0.325 e. The van der Waals surface area contributed by atoms with E-state index in [1.807, 2.05) is 30.3 Å². The van der Waals surface area contributed by atoms with Crippen LogP contribution in [-0.4, -0.2) is 29.1 Å². The molecule has 1 aromatic heterocycles. The summed E-state index contributed by atoms with van der Waals surface area (Å²) < 4.78 is 6.77. The number of benzene rings is 1. The Hall–Kier alpha value is -3.07. The minimum Gasteiger partial charge on any atom is -0.465 e. The monoisotopic (exact) mass is 337 g/mol. The summed E-state index contributed by atoms with van der Waals surface area (Å²) in [5, 5.41) is 13.0. The van der Waals surface area contributed by atoms with Crippen molar-refractivity contribution in [3.05, 3.63) is 41.6 Å². The number of rotatable bonds is 6. The number of aromatic nitrogens is 1. The van der Waals surface area contributed by atoms with Gasteiger partial charge in [-0.2, -0.15) is 5.26 Å². The SMILES string of the molecule is CCOC(=O)Cn1cc(/C=C(\C#N)C(=O)NC2CC2)c2ccccc21. The molecule has 0 spiro atoms. The van der Waals surface area contributed by atoms with Gasteiger partial charge in [-0.3, -0.25) is 9.59 Å². The second kappa shape index (κ2) is 7.22. The third-order valence-electron chi connectivity index (χ3n) is 4.00. The van der Waals surface area contributed by atoms with E-state index in [9.17, 15) is 14.9 Å². The van der Waals surface area contributed by atoms with Crippen LogP contribution < -0.4 is 5.32 Å². The highest BCUT2D eigenvalue weighted by Gasteiger charge is 2.25. The minimum absolute atomic E-state index is 0.0611. The Morgan fingerprint density at radius 1 is 1.40 bits per heavy atom. The van der Waals surface area contributed by atoms with Crippen molar-refractivity contribution >= 4 is 28.9 Å². The van der Waals surface area contributed by atoms with Gasteiger partial charge < -0.3 is 14.6 Å². The molecule has 1 saturated carbocycles. The van der Waals surface area contributed by atoms with Crippen molar-refractivity contribution in [1.29, 1.82) is 5.26 Å². The number of carbonyl (C=O) groups is 2. The first-order valence-electron chi connectivity index (χ1n) is 8.28. The van der Waals surface area contributed by atoms with Crippen LogP contribution >= 0.6 is 0 Å². The Morgan fingerprint density at radius 2 is 2.16 bits per heavy atom. The number of amides is 1. The van der Waals surface area contributed by atoms with Crippen LogP contribution in [0.5, 0.6) is 0 Å². The van der Waals surface area contributed by atoms with Gasteiger partial charge in [-0.05, 0) is 31.9 Å². The first kappa shape index (κ1) is 16.8. The molecule has 1 fully saturated rings. The molecule has 3 rings (SSSR count).